The monoisotopic (exact) mass is 719 g/mol. The molecule has 268 valence electrons. The molecule has 0 fully saturated rings. The zero-order chi connectivity index (χ0) is 37.8. The highest BCUT2D eigenvalue weighted by Gasteiger charge is 2.39. The van der Waals surface area contributed by atoms with Crippen LogP contribution in [0.15, 0.2) is 180 Å². The minimum absolute atomic E-state index is 0.115. The van der Waals surface area contributed by atoms with Crippen LogP contribution in [0, 0.1) is 0 Å². The van der Waals surface area contributed by atoms with Crippen molar-refractivity contribution in [1.29, 1.82) is 0 Å². The Balaban J connectivity index is 1.10. The van der Waals surface area contributed by atoms with Crippen molar-refractivity contribution in [3.63, 3.8) is 0 Å². The van der Waals surface area contributed by atoms with Gasteiger partial charge in [-0.1, -0.05) is 167 Å². The highest BCUT2D eigenvalue weighted by Crippen LogP contribution is 2.55. The second-order valence-electron chi connectivity index (χ2n) is 16.5. The summed E-state index contributed by atoms with van der Waals surface area (Å²) in [4.78, 5) is 2.47. The summed E-state index contributed by atoms with van der Waals surface area (Å²) < 4.78 is 6.47. The van der Waals surface area contributed by atoms with Gasteiger partial charge in [-0.3, -0.25) is 0 Å². The quantitative estimate of drug-likeness (QED) is 0.176. The van der Waals surface area contributed by atoms with E-state index in [0.29, 0.717) is 0 Å². The van der Waals surface area contributed by atoms with Crippen molar-refractivity contribution >= 4 is 39.0 Å². The van der Waals surface area contributed by atoms with E-state index in [9.17, 15) is 0 Å². The topological polar surface area (TPSA) is 16.4 Å². The van der Waals surface area contributed by atoms with Crippen LogP contribution in [0.2, 0.25) is 0 Å². The molecule has 2 heteroatoms. The smallest absolute Gasteiger partial charge is 0.143 e. The summed E-state index contributed by atoms with van der Waals surface area (Å²) in [6.45, 7) is 9.46. The molecule has 0 aliphatic heterocycles. The third-order valence-corrected chi connectivity index (χ3v) is 12.7. The summed E-state index contributed by atoms with van der Waals surface area (Å²) in [6.07, 6.45) is 0. The Labute approximate surface area is 328 Å². The zero-order valence-corrected chi connectivity index (χ0v) is 32.1. The Kier molecular flexibility index (Phi) is 6.98. The second kappa shape index (κ2) is 11.9. The van der Waals surface area contributed by atoms with Gasteiger partial charge in [0, 0.05) is 44.1 Å². The maximum Gasteiger partial charge on any atom is 0.143 e. The van der Waals surface area contributed by atoms with Crippen molar-refractivity contribution in [3.05, 3.63) is 198 Å². The van der Waals surface area contributed by atoms with E-state index in [-0.39, 0.29) is 10.8 Å². The van der Waals surface area contributed by atoms with Gasteiger partial charge in [0.2, 0.25) is 0 Å². The molecule has 0 unspecified atom stereocenters. The average Bonchev–Trinajstić information content (AvgIpc) is 3.82. The molecule has 0 saturated heterocycles. The lowest BCUT2D eigenvalue weighted by molar-refractivity contribution is 0.660. The second-order valence-corrected chi connectivity index (χ2v) is 16.5. The number of rotatable bonds is 5. The largest absolute Gasteiger partial charge is 0.455 e. The molecular formula is C54H41NO. The first kappa shape index (κ1) is 32.8. The summed E-state index contributed by atoms with van der Waals surface area (Å²) in [7, 11) is 0. The molecule has 0 radical (unpaired) electrons. The number of fused-ring (bicyclic) bond motifs is 9. The van der Waals surface area contributed by atoms with Crippen LogP contribution in [-0.4, -0.2) is 0 Å². The number of hydrogen-bond acceptors (Lipinski definition) is 2. The molecule has 0 bridgehead atoms. The summed E-state index contributed by atoms with van der Waals surface area (Å²) >= 11 is 0. The lowest BCUT2D eigenvalue weighted by Gasteiger charge is -2.30. The number of benzene rings is 8. The molecule has 0 amide bonds. The SMILES string of the molecule is CC1(C)c2ccccc2-c2c(N(c3ccc(-c4cccc5c4oc4ccccc45)cc3)c3cccc(-c4cccc5c4C(C)(C)c4ccccc4-5)c3)cccc21. The van der Waals surface area contributed by atoms with Crippen molar-refractivity contribution in [2.24, 2.45) is 0 Å². The van der Waals surface area contributed by atoms with Gasteiger partial charge in [-0.15, -0.1) is 0 Å². The van der Waals surface area contributed by atoms with E-state index in [1.807, 2.05) is 6.07 Å². The first-order valence-corrected chi connectivity index (χ1v) is 19.7. The Morgan fingerprint density at radius 3 is 1.86 bits per heavy atom. The normalized spacial score (nSPS) is 14.4. The van der Waals surface area contributed by atoms with Crippen molar-refractivity contribution < 1.29 is 4.42 Å². The average molecular weight is 720 g/mol. The maximum absolute atomic E-state index is 6.47. The van der Waals surface area contributed by atoms with Crippen LogP contribution in [0.3, 0.4) is 0 Å². The van der Waals surface area contributed by atoms with E-state index in [4.69, 9.17) is 4.42 Å². The van der Waals surface area contributed by atoms with Crippen molar-refractivity contribution in [2.75, 3.05) is 4.90 Å². The fourth-order valence-electron chi connectivity index (χ4n) is 10.0. The molecule has 56 heavy (non-hydrogen) atoms. The first-order valence-electron chi connectivity index (χ1n) is 19.7. The molecule has 2 aliphatic rings. The van der Waals surface area contributed by atoms with Gasteiger partial charge in [-0.25, -0.2) is 0 Å². The summed E-state index contributed by atoms with van der Waals surface area (Å²) in [5.41, 5.74) is 20.5. The summed E-state index contributed by atoms with van der Waals surface area (Å²) in [6, 6.07) is 64.5. The fraction of sp³-hybridized carbons (Fsp3) is 0.111. The molecule has 11 rings (SSSR count). The molecule has 2 aliphatic carbocycles. The van der Waals surface area contributed by atoms with Crippen LogP contribution in [0.4, 0.5) is 17.1 Å². The van der Waals surface area contributed by atoms with Crippen molar-refractivity contribution in [3.8, 4) is 44.5 Å². The van der Waals surface area contributed by atoms with Crippen LogP contribution >= 0.6 is 0 Å². The predicted octanol–water partition coefficient (Wildman–Crippen LogP) is 15.0. The van der Waals surface area contributed by atoms with Gasteiger partial charge in [-0.05, 0) is 92.0 Å². The number of para-hydroxylation sites is 2. The Morgan fingerprint density at radius 2 is 1.02 bits per heavy atom. The highest BCUT2D eigenvalue weighted by molar-refractivity contribution is 6.09. The molecule has 0 saturated carbocycles. The van der Waals surface area contributed by atoms with Gasteiger partial charge in [0.15, 0.2) is 0 Å². The van der Waals surface area contributed by atoms with Gasteiger partial charge in [0.25, 0.3) is 0 Å². The Bertz CT molecular complexity index is 3030. The number of nitrogens with zero attached hydrogens (tertiary/aromatic N) is 1. The summed E-state index contributed by atoms with van der Waals surface area (Å²) in [5, 5.41) is 2.28. The lowest BCUT2D eigenvalue weighted by Crippen LogP contribution is -2.16. The molecule has 0 atom stereocenters. The van der Waals surface area contributed by atoms with Gasteiger partial charge in [-0.2, -0.15) is 0 Å². The Morgan fingerprint density at radius 1 is 0.411 bits per heavy atom. The Hall–Kier alpha value is -6.64. The van der Waals surface area contributed by atoms with E-state index in [1.165, 1.54) is 61.3 Å². The van der Waals surface area contributed by atoms with E-state index in [2.05, 4.69) is 202 Å². The van der Waals surface area contributed by atoms with Crippen LogP contribution in [0.1, 0.15) is 49.9 Å². The van der Waals surface area contributed by atoms with Gasteiger partial charge in [0.1, 0.15) is 11.2 Å². The van der Waals surface area contributed by atoms with Gasteiger partial charge >= 0.3 is 0 Å². The number of hydrogen-bond donors (Lipinski definition) is 0. The van der Waals surface area contributed by atoms with E-state index in [0.717, 1.165) is 44.4 Å². The van der Waals surface area contributed by atoms with Gasteiger partial charge in [0.05, 0.1) is 5.69 Å². The summed E-state index contributed by atoms with van der Waals surface area (Å²) in [5.74, 6) is 0. The van der Waals surface area contributed by atoms with Crippen LogP contribution in [0.25, 0.3) is 66.4 Å². The third-order valence-electron chi connectivity index (χ3n) is 12.7. The van der Waals surface area contributed by atoms with Gasteiger partial charge < -0.3 is 9.32 Å². The third kappa shape index (κ3) is 4.62. The minimum atomic E-state index is -0.119. The predicted molar refractivity (Wildman–Crippen MR) is 234 cm³/mol. The lowest BCUT2D eigenvalue weighted by atomic mass is 9.79. The fourth-order valence-corrected chi connectivity index (χ4v) is 10.0. The van der Waals surface area contributed by atoms with E-state index >= 15 is 0 Å². The molecule has 8 aromatic carbocycles. The number of furan rings is 1. The maximum atomic E-state index is 6.47. The number of anilines is 3. The molecule has 1 aromatic heterocycles. The highest BCUT2D eigenvalue weighted by atomic mass is 16.3. The molecule has 0 spiro atoms. The van der Waals surface area contributed by atoms with Crippen molar-refractivity contribution in [1.82, 2.24) is 0 Å². The van der Waals surface area contributed by atoms with Crippen LogP contribution in [0.5, 0.6) is 0 Å². The van der Waals surface area contributed by atoms with E-state index in [1.54, 1.807) is 0 Å². The molecule has 1 heterocycles. The first-order chi connectivity index (χ1) is 27.3. The zero-order valence-electron chi connectivity index (χ0n) is 32.1. The standard InChI is InChI=1S/C54H41NO/c1-53(2)46-25-9-6-19-44(46)50-47(53)26-14-27-48(50)55(36-31-29-34(30-32-36)39-21-13-23-43-41-18-7-10-28-49(41)56-52(39)43)37-16-11-15-35(33-37)38-20-12-22-42-40-17-5-8-24-45(40)54(3,4)51(38)42/h5-33H,1-4H3. The molecule has 2 nitrogen and oxygen atoms in total. The minimum Gasteiger partial charge on any atom is -0.455 e. The van der Waals surface area contributed by atoms with E-state index < -0.39 is 0 Å². The molecule has 9 aromatic rings. The molecular weight excluding hydrogens is 679 g/mol. The van der Waals surface area contributed by atoms with Crippen LogP contribution in [-0.2, 0) is 10.8 Å². The van der Waals surface area contributed by atoms with Crippen LogP contribution < -0.4 is 4.90 Å². The van der Waals surface area contributed by atoms with Crippen molar-refractivity contribution in [2.45, 2.75) is 38.5 Å². The molecule has 0 N–H and O–H groups in total.